The lowest BCUT2D eigenvalue weighted by Gasteiger charge is -2.49. The first-order valence-electron chi connectivity index (χ1n) is 20.0. The maximum absolute atomic E-state index is 11.8. The van der Waals surface area contributed by atoms with E-state index in [-0.39, 0.29) is 0 Å². The summed E-state index contributed by atoms with van der Waals surface area (Å²) in [5.74, 6) is 0. The van der Waals surface area contributed by atoms with E-state index in [1.165, 1.54) is 27.7 Å². The van der Waals surface area contributed by atoms with Gasteiger partial charge in [-0.1, -0.05) is 0 Å². The van der Waals surface area contributed by atoms with Crippen molar-refractivity contribution in [2.75, 3.05) is 13.2 Å². The minimum Gasteiger partial charge on any atom is -0.394 e. The molecular formula is C35H60O26. The molecule has 61 heavy (non-hydrogen) atoms. The van der Waals surface area contributed by atoms with Crippen molar-refractivity contribution < 1.29 is 129 Å². The van der Waals surface area contributed by atoms with Crippen LogP contribution in [0.4, 0.5) is 0 Å². The third-order valence-corrected chi connectivity index (χ3v) is 11.9. The van der Waals surface area contributed by atoms with Crippen molar-refractivity contribution in [2.24, 2.45) is 0 Å². The highest BCUT2D eigenvalue weighted by molar-refractivity contribution is 4.98. The molecule has 0 aromatic rings. The molecule has 6 fully saturated rings. The van der Waals surface area contributed by atoms with Crippen molar-refractivity contribution in [2.45, 2.75) is 206 Å². The van der Waals surface area contributed by atoms with Gasteiger partial charge in [0.1, 0.15) is 116 Å². The molecule has 6 heterocycles. The van der Waals surface area contributed by atoms with Crippen LogP contribution in [-0.4, -0.2) is 268 Å². The monoisotopic (exact) mass is 896 g/mol. The van der Waals surface area contributed by atoms with Crippen LogP contribution in [0.25, 0.3) is 0 Å². The summed E-state index contributed by atoms with van der Waals surface area (Å²) in [6.45, 7) is 4.11. The highest BCUT2D eigenvalue weighted by Crippen LogP contribution is 2.36. The molecule has 6 aliphatic heterocycles. The molecule has 0 bridgehead atoms. The molecule has 26 nitrogen and oxygen atoms in total. The summed E-state index contributed by atoms with van der Waals surface area (Å²) in [5, 5.41) is 159. The van der Waals surface area contributed by atoms with Crippen molar-refractivity contribution in [1.82, 2.24) is 0 Å². The Labute approximate surface area is 347 Å². The number of hydrogen-bond donors (Lipinski definition) is 15. The Kier molecular flexibility index (Phi) is 16.4. The van der Waals surface area contributed by atoms with Crippen LogP contribution in [0, 0.1) is 0 Å². The first-order valence-corrected chi connectivity index (χ1v) is 20.0. The number of rotatable bonds is 11. The maximum atomic E-state index is 11.8. The van der Waals surface area contributed by atoms with E-state index < -0.39 is 191 Å². The van der Waals surface area contributed by atoms with E-state index in [9.17, 15) is 76.6 Å². The Bertz CT molecular complexity index is 1370. The van der Waals surface area contributed by atoms with Crippen molar-refractivity contribution in [3.05, 3.63) is 0 Å². The molecule has 6 saturated heterocycles. The third-order valence-electron chi connectivity index (χ3n) is 11.9. The van der Waals surface area contributed by atoms with E-state index in [2.05, 4.69) is 0 Å². The molecule has 0 unspecified atom stereocenters. The first kappa shape index (κ1) is 49.4. The van der Waals surface area contributed by atoms with Gasteiger partial charge in [-0.25, -0.2) is 0 Å². The van der Waals surface area contributed by atoms with Crippen LogP contribution >= 0.6 is 0 Å². The Morgan fingerprint density at radius 2 is 0.803 bits per heavy atom. The van der Waals surface area contributed by atoms with Gasteiger partial charge < -0.3 is 129 Å². The average Bonchev–Trinajstić information content (AvgIpc) is 3.22. The quantitative estimate of drug-likeness (QED) is 0.0915. The highest BCUT2D eigenvalue weighted by Gasteiger charge is 2.56. The van der Waals surface area contributed by atoms with Crippen LogP contribution < -0.4 is 0 Å². The molecular weight excluding hydrogens is 836 g/mol. The number of aliphatic hydroxyl groups excluding tert-OH is 15. The SMILES string of the molecule is C[C@H]1O[C@@H](O[C@H]2CO[C@@H](O[C@@H]3[C@@H](O)[C@H](O)O[C@H](C)[C@H]3O)[C@H](O[C@@H]3O[C@H](C)[C@@H](O)[C@H](O)[C@H]3O)[C@H]2O)[C@H](O[C@@H]2O[C@H](C)[C@H](O[C@@H]3O[C@H](CO)[C@H](O)[C@H](O)[C@H]3O)[C@H](O)[C@H]2O)[C@@H](O)[C@H]1O. The van der Waals surface area contributed by atoms with Crippen molar-refractivity contribution in [3.8, 4) is 0 Å². The van der Waals surface area contributed by atoms with Crippen molar-refractivity contribution in [3.63, 3.8) is 0 Å². The average molecular weight is 897 g/mol. The Morgan fingerprint density at radius 1 is 0.361 bits per heavy atom. The van der Waals surface area contributed by atoms with E-state index in [4.69, 9.17) is 52.1 Å². The van der Waals surface area contributed by atoms with Gasteiger partial charge in [-0.2, -0.15) is 0 Å². The Morgan fingerprint density at radius 3 is 1.41 bits per heavy atom. The molecule has 6 rings (SSSR count). The van der Waals surface area contributed by atoms with Gasteiger partial charge in [0.15, 0.2) is 37.7 Å². The van der Waals surface area contributed by atoms with Gasteiger partial charge in [-0.15, -0.1) is 0 Å². The third kappa shape index (κ3) is 10.1. The molecule has 0 aromatic carbocycles. The van der Waals surface area contributed by atoms with E-state index in [0.29, 0.717) is 0 Å². The lowest BCUT2D eigenvalue weighted by Crippen LogP contribution is -2.67. The zero-order valence-electron chi connectivity index (χ0n) is 33.4. The van der Waals surface area contributed by atoms with Gasteiger partial charge in [0.05, 0.1) is 37.6 Å². The topological polar surface area (TPSA) is 405 Å². The number of ether oxygens (including phenoxy) is 11. The normalized spacial score (nSPS) is 56.2. The fourth-order valence-corrected chi connectivity index (χ4v) is 7.97. The molecule has 0 aromatic heterocycles. The molecule has 26 heteroatoms. The van der Waals surface area contributed by atoms with Crippen molar-refractivity contribution in [1.29, 1.82) is 0 Å². The van der Waals surface area contributed by atoms with Crippen LogP contribution in [-0.2, 0) is 52.1 Å². The minimum atomic E-state index is -2.00. The fraction of sp³-hybridized carbons (Fsp3) is 1.00. The fourth-order valence-electron chi connectivity index (χ4n) is 7.97. The lowest BCUT2D eigenvalue weighted by atomic mass is 9.96. The molecule has 0 spiro atoms. The summed E-state index contributed by atoms with van der Waals surface area (Å²) in [5.41, 5.74) is 0. The summed E-state index contributed by atoms with van der Waals surface area (Å²) >= 11 is 0. The molecule has 6 aliphatic rings. The molecule has 0 saturated carbocycles. The van der Waals surface area contributed by atoms with Gasteiger partial charge >= 0.3 is 0 Å². The molecule has 15 N–H and O–H groups in total. The Hall–Kier alpha value is -1.04. The summed E-state index contributed by atoms with van der Waals surface area (Å²) in [6.07, 6.45) is -48.0. The number of aliphatic hydroxyl groups is 15. The second-order valence-electron chi connectivity index (χ2n) is 16.2. The van der Waals surface area contributed by atoms with Gasteiger partial charge in [-0.05, 0) is 27.7 Å². The molecule has 0 amide bonds. The van der Waals surface area contributed by atoms with E-state index in [0.717, 1.165) is 0 Å². The molecule has 0 aliphatic carbocycles. The van der Waals surface area contributed by atoms with Crippen molar-refractivity contribution >= 4 is 0 Å². The maximum Gasteiger partial charge on any atom is 0.187 e. The van der Waals surface area contributed by atoms with Gasteiger partial charge in [-0.3, -0.25) is 0 Å². The second kappa shape index (κ2) is 20.2. The zero-order valence-corrected chi connectivity index (χ0v) is 33.4. The van der Waals surface area contributed by atoms with E-state index >= 15 is 0 Å². The van der Waals surface area contributed by atoms with Crippen LogP contribution in [0.15, 0.2) is 0 Å². The van der Waals surface area contributed by atoms with E-state index in [1.54, 1.807) is 0 Å². The number of hydrogen-bond acceptors (Lipinski definition) is 26. The predicted molar refractivity (Wildman–Crippen MR) is 187 cm³/mol. The van der Waals surface area contributed by atoms with Crippen LogP contribution in [0.3, 0.4) is 0 Å². The highest BCUT2D eigenvalue weighted by atomic mass is 16.8. The lowest BCUT2D eigenvalue weighted by molar-refractivity contribution is -0.399. The zero-order chi connectivity index (χ0) is 44.9. The van der Waals surface area contributed by atoms with Crippen LogP contribution in [0.2, 0.25) is 0 Å². The predicted octanol–water partition coefficient (Wildman–Crippen LogP) is -9.35. The molecule has 0 radical (unpaired) electrons. The second-order valence-corrected chi connectivity index (χ2v) is 16.2. The largest absolute Gasteiger partial charge is 0.394 e. The van der Waals surface area contributed by atoms with E-state index in [1.807, 2.05) is 0 Å². The summed E-state index contributed by atoms with van der Waals surface area (Å²) in [7, 11) is 0. The van der Waals surface area contributed by atoms with Crippen LogP contribution in [0.5, 0.6) is 0 Å². The smallest absolute Gasteiger partial charge is 0.187 e. The Balaban J connectivity index is 1.19. The standard InChI is InChI=1S/C35H60O26/c1-7-13(37)18(42)22(46)31(53-7)60-28-17(41)12(6-51-34(28)59-27-15(39)9(3)52-30(50)25(27)49)57-35-29(20(44)14(38)8(2)54-35)61-32-24(48)21(45)26(10(4)55-32)58-33-23(47)19(43)16(40)11(5-36)56-33/h7-50H,5-6H2,1-4H3/t7-,8-,9-,10-,11-,12+,13-,14+,15-,16+,17+,18+,19+,20+,21-,22-,23-,24-,25-,26+,27+,28-,29-,30-,31+,32+,33+,34+,35+/m1/s1. The van der Waals surface area contributed by atoms with Gasteiger partial charge in [0.2, 0.25) is 0 Å². The molecule has 29 atom stereocenters. The van der Waals surface area contributed by atoms with Crippen LogP contribution in [0.1, 0.15) is 27.7 Å². The molecule has 356 valence electrons. The first-order chi connectivity index (χ1) is 28.7. The van der Waals surface area contributed by atoms with Gasteiger partial charge in [0.25, 0.3) is 0 Å². The summed E-state index contributed by atoms with van der Waals surface area (Å²) in [4.78, 5) is 0. The minimum absolute atomic E-state index is 0.597. The summed E-state index contributed by atoms with van der Waals surface area (Å²) < 4.78 is 62.7. The summed E-state index contributed by atoms with van der Waals surface area (Å²) in [6, 6.07) is 0. The van der Waals surface area contributed by atoms with Gasteiger partial charge in [0, 0.05) is 0 Å².